The molecule has 1 fully saturated rings. The summed E-state index contributed by atoms with van der Waals surface area (Å²) in [7, 11) is 0. The maximum absolute atomic E-state index is 12.1. The van der Waals surface area contributed by atoms with Crippen molar-refractivity contribution in [3.63, 3.8) is 0 Å². The molecule has 1 aliphatic rings. The summed E-state index contributed by atoms with van der Waals surface area (Å²) in [4.78, 5) is 40.4. The lowest BCUT2D eigenvalue weighted by atomic mass is 10.1. The second-order valence-electron chi connectivity index (χ2n) is 9.11. The Morgan fingerprint density at radius 3 is 2.48 bits per heavy atom. The number of ketones is 1. The van der Waals surface area contributed by atoms with Crippen LogP contribution < -0.4 is 10.6 Å². The average Bonchev–Trinajstić information content (AvgIpc) is 3.51. The first kappa shape index (κ1) is 22.4. The molecule has 2 heterocycles. The van der Waals surface area contributed by atoms with Crippen molar-refractivity contribution in [3.05, 3.63) is 48.3 Å². The fourth-order valence-corrected chi connectivity index (χ4v) is 3.34. The number of carbonyl (C=O) groups excluding carboxylic acids is 3. The Balaban J connectivity index is 1.40. The summed E-state index contributed by atoms with van der Waals surface area (Å²) in [5, 5.41) is 9.70. The van der Waals surface area contributed by atoms with Gasteiger partial charge in [-0.25, -0.2) is 14.3 Å². The van der Waals surface area contributed by atoms with Gasteiger partial charge in [0.05, 0.1) is 12.1 Å². The number of pyridine rings is 1. The highest BCUT2D eigenvalue weighted by Crippen LogP contribution is 2.31. The molecule has 4 rings (SSSR count). The van der Waals surface area contributed by atoms with Crippen molar-refractivity contribution < 1.29 is 19.1 Å². The average molecular weight is 450 g/mol. The predicted octanol–water partition coefficient (Wildman–Crippen LogP) is 3.38. The van der Waals surface area contributed by atoms with Gasteiger partial charge in [-0.1, -0.05) is 18.2 Å². The molecule has 172 valence electrons. The first-order chi connectivity index (χ1) is 15.7. The van der Waals surface area contributed by atoms with E-state index in [1.54, 1.807) is 37.4 Å². The first-order valence-electron chi connectivity index (χ1n) is 10.9. The topological polar surface area (TPSA) is 115 Å². The molecular formula is C24H27N5O4. The fraction of sp³-hybridized carbons (Fsp3) is 0.375. The Bertz CT molecular complexity index is 1190. The molecule has 33 heavy (non-hydrogen) atoms. The second kappa shape index (κ2) is 9.01. The Morgan fingerprint density at radius 2 is 1.82 bits per heavy atom. The predicted molar refractivity (Wildman–Crippen MR) is 123 cm³/mol. The minimum absolute atomic E-state index is 0.179. The van der Waals surface area contributed by atoms with Crippen molar-refractivity contribution in [2.75, 3.05) is 11.9 Å². The second-order valence-corrected chi connectivity index (χ2v) is 9.11. The highest BCUT2D eigenvalue weighted by molar-refractivity contribution is 5.94. The molecule has 2 N–H and O–H groups in total. The third-order valence-corrected chi connectivity index (χ3v) is 5.03. The zero-order valence-corrected chi connectivity index (χ0v) is 18.9. The number of fused-ring (bicyclic) bond motifs is 1. The molecule has 1 saturated carbocycles. The van der Waals surface area contributed by atoms with Gasteiger partial charge in [-0.15, -0.1) is 0 Å². The van der Waals surface area contributed by atoms with Crippen LogP contribution in [0.25, 0.3) is 16.9 Å². The summed E-state index contributed by atoms with van der Waals surface area (Å²) < 4.78 is 6.84. The fourth-order valence-electron chi connectivity index (χ4n) is 3.34. The van der Waals surface area contributed by atoms with E-state index >= 15 is 0 Å². The smallest absolute Gasteiger partial charge is 0.408 e. The molecule has 1 aliphatic carbocycles. The Labute approximate surface area is 191 Å². The van der Waals surface area contributed by atoms with Crippen LogP contribution in [0.2, 0.25) is 0 Å². The van der Waals surface area contributed by atoms with Crippen LogP contribution in [0.15, 0.2) is 42.5 Å². The van der Waals surface area contributed by atoms with Crippen LogP contribution in [-0.2, 0) is 20.7 Å². The lowest BCUT2D eigenvalue weighted by molar-refractivity contribution is -0.119. The summed E-state index contributed by atoms with van der Waals surface area (Å²) in [5.74, 6) is 0.546. The Morgan fingerprint density at radius 1 is 1.09 bits per heavy atom. The van der Waals surface area contributed by atoms with E-state index < -0.39 is 11.7 Å². The third kappa shape index (κ3) is 5.94. The minimum Gasteiger partial charge on any atom is -0.444 e. The lowest BCUT2D eigenvalue weighted by Crippen LogP contribution is -2.37. The number of amides is 2. The number of anilines is 1. The van der Waals surface area contributed by atoms with Crippen LogP contribution in [-0.4, -0.2) is 44.5 Å². The number of hydrogen-bond donors (Lipinski definition) is 2. The van der Waals surface area contributed by atoms with E-state index in [4.69, 9.17) is 4.74 Å². The van der Waals surface area contributed by atoms with E-state index in [0.29, 0.717) is 17.2 Å². The molecule has 3 aromatic rings. The highest BCUT2D eigenvalue weighted by atomic mass is 16.6. The number of hydrogen-bond acceptors (Lipinski definition) is 6. The van der Waals surface area contributed by atoms with E-state index in [0.717, 1.165) is 24.1 Å². The van der Waals surface area contributed by atoms with Gasteiger partial charge in [-0.3, -0.25) is 9.59 Å². The van der Waals surface area contributed by atoms with Gasteiger partial charge in [0.25, 0.3) is 0 Å². The zero-order chi connectivity index (χ0) is 23.6. The normalized spacial score (nSPS) is 13.5. The van der Waals surface area contributed by atoms with E-state index in [9.17, 15) is 14.4 Å². The number of aromatic nitrogens is 3. The van der Waals surface area contributed by atoms with Crippen molar-refractivity contribution in [1.29, 1.82) is 0 Å². The van der Waals surface area contributed by atoms with E-state index in [1.807, 2.05) is 30.3 Å². The Hall–Kier alpha value is -3.75. The largest absolute Gasteiger partial charge is 0.444 e. The number of carbonyl (C=O) groups is 3. The molecule has 2 amide bonds. The van der Waals surface area contributed by atoms with E-state index in [1.165, 1.54) is 0 Å². The van der Waals surface area contributed by atoms with Gasteiger partial charge >= 0.3 is 6.09 Å². The summed E-state index contributed by atoms with van der Waals surface area (Å²) in [5.41, 5.74) is 2.36. The number of Topliss-reactive ketones (excluding diaryl/α,β-unsaturated/α-hetero) is 1. The van der Waals surface area contributed by atoms with Crippen molar-refractivity contribution in [3.8, 4) is 11.3 Å². The maximum atomic E-state index is 12.1. The highest BCUT2D eigenvalue weighted by Gasteiger charge is 2.30. The van der Waals surface area contributed by atoms with Crippen molar-refractivity contribution >= 4 is 29.1 Å². The number of nitrogens with zero attached hydrogens (tertiary/aromatic N) is 3. The number of alkyl carbamates (subject to hydrolysis) is 1. The number of nitrogens with one attached hydrogen (secondary N) is 2. The van der Waals surface area contributed by atoms with Crippen molar-refractivity contribution in [1.82, 2.24) is 19.9 Å². The van der Waals surface area contributed by atoms with E-state index in [-0.39, 0.29) is 30.6 Å². The molecule has 0 atom stereocenters. The molecule has 0 unspecified atom stereocenters. The number of ether oxygens (including phenoxy) is 1. The van der Waals surface area contributed by atoms with Crippen LogP contribution >= 0.6 is 0 Å². The van der Waals surface area contributed by atoms with Crippen molar-refractivity contribution in [2.24, 2.45) is 5.92 Å². The van der Waals surface area contributed by atoms with Gasteiger partial charge in [0, 0.05) is 17.2 Å². The van der Waals surface area contributed by atoms with Crippen LogP contribution in [0.5, 0.6) is 0 Å². The molecule has 2 aromatic heterocycles. The molecule has 1 aromatic carbocycles. The zero-order valence-electron chi connectivity index (χ0n) is 18.9. The molecule has 0 radical (unpaired) electrons. The first-order valence-corrected chi connectivity index (χ1v) is 10.9. The molecular weight excluding hydrogens is 422 g/mol. The maximum Gasteiger partial charge on any atom is 0.408 e. The molecule has 0 aliphatic heterocycles. The SMILES string of the molecule is CC(C)(C)OC(=O)NCC(=O)Nc1ccc(-c2cccc3nc(CC(=O)C4CC4)nn23)cc1. The van der Waals surface area contributed by atoms with Crippen LogP contribution in [0.1, 0.15) is 39.4 Å². The molecule has 0 spiro atoms. The van der Waals surface area contributed by atoms with Gasteiger partial charge in [0.2, 0.25) is 5.91 Å². The Kier molecular flexibility index (Phi) is 6.13. The molecule has 0 saturated heterocycles. The van der Waals surface area contributed by atoms with Gasteiger partial charge in [-0.2, -0.15) is 5.10 Å². The lowest BCUT2D eigenvalue weighted by Gasteiger charge is -2.19. The standard InChI is InChI=1S/C24H27N5O4/c1-24(2,3)33-23(32)25-14-22(31)26-17-11-9-15(10-12-17)18-5-4-6-21-27-20(28-29(18)21)13-19(30)16-7-8-16/h4-6,9-12,16H,7-8,13-14H2,1-3H3,(H,25,32)(H,26,31). The third-order valence-electron chi connectivity index (χ3n) is 5.03. The number of benzene rings is 1. The summed E-state index contributed by atoms with van der Waals surface area (Å²) in [6, 6.07) is 12.9. The summed E-state index contributed by atoms with van der Waals surface area (Å²) >= 11 is 0. The van der Waals surface area contributed by atoms with Gasteiger partial charge in [0.1, 0.15) is 17.9 Å². The quantitative estimate of drug-likeness (QED) is 0.571. The summed E-state index contributed by atoms with van der Waals surface area (Å²) in [6.45, 7) is 5.06. The van der Waals surface area contributed by atoms with Gasteiger partial charge < -0.3 is 15.4 Å². The summed E-state index contributed by atoms with van der Waals surface area (Å²) in [6.07, 6.45) is 1.55. The van der Waals surface area contributed by atoms with Crippen molar-refractivity contribution in [2.45, 2.75) is 45.6 Å². The van der Waals surface area contributed by atoms with E-state index in [2.05, 4.69) is 20.7 Å². The molecule has 0 bridgehead atoms. The van der Waals surface area contributed by atoms with Crippen LogP contribution in [0.4, 0.5) is 10.5 Å². The van der Waals surface area contributed by atoms with Crippen LogP contribution in [0, 0.1) is 5.92 Å². The monoisotopic (exact) mass is 449 g/mol. The van der Waals surface area contributed by atoms with Gasteiger partial charge in [-0.05, 0) is 57.9 Å². The van der Waals surface area contributed by atoms with Crippen LogP contribution in [0.3, 0.4) is 0 Å². The minimum atomic E-state index is -0.646. The molecule has 9 heteroatoms. The number of rotatable bonds is 7. The van der Waals surface area contributed by atoms with Gasteiger partial charge in [0.15, 0.2) is 11.5 Å². The molecule has 9 nitrogen and oxygen atoms in total.